The average molecular weight is 908 g/mol. The van der Waals surface area contributed by atoms with E-state index in [4.69, 9.17) is 23.7 Å². The summed E-state index contributed by atoms with van der Waals surface area (Å²) in [5.74, 6) is 6.07. The quantitative estimate of drug-likeness (QED) is 0.0366. The molecule has 0 saturated heterocycles. The first kappa shape index (κ1) is 55.0. The molecule has 5 aliphatic rings. The number of fused-ring (bicyclic) bond motifs is 5. The zero-order valence-electron chi connectivity index (χ0n) is 44.0. The summed E-state index contributed by atoms with van der Waals surface area (Å²) in [7, 11) is 0. The van der Waals surface area contributed by atoms with Gasteiger partial charge < -0.3 is 23.7 Å². The molecule has 4 saturated carbocycles. The lowest BCUT2D eigenvalue weighted by Crippen LogP contribution is -2.51. The summed E-state index contributed by atoms with van der Waals surface area (Å²) in [4.78, 5) is 0. The smallest absolute Gasteiger partial charge is 0.155 e. The summed E-state index contributed by atoms with van der Waals surface area (Å²) in [6.45, 7) is 21.0. The van der Waals surface area contributed by atoms with Crippen LogP contribution in [0.1, 0.15) is 235 Å². The van der Waals surface area contributed by atoms with Gasteiger partial charge in [-0.15, -0.1) is 0 Å². The average Bonchev–Trinajstić information content (AvgIpc) is 3.66. The molecule has 0 amide bonds. The number of allylic oxidation sites excluding steroid dienone is 5. The van der Waals surface area contributed by atoms with Crippen molar-refractivity contribution in [1.82, 2.24) is 0 Å². The van der Waals surface area contributed by atoms with Crippen LogP contribution in [0.5, 0.6) is 0 Å². The van der Waals surface area contributed by atoms with E-state index in [9.17, 15) is 0 Å². The Balaban J connectivity index is 0.902. The lowest BCUT2D eigenvalue weighted by Gasteiger charge is -2.58. The summed E-state index contributed by atoms with van der Waals surface area (Å²) in [6.07, 6.45) is 50.4. The largest absolute Gasteiger partial charge is 0.379 e. The van der Waals surface area contributed by atoms with E-state index in [1.54, 1.807) is 5.57 Å². The Morgan fingerprint density at radius 2 is 1.38 bits per heavy atom. The molecule has 10 atom stereocenters. The van der Waals surface area contributed by atoms with Crippen molar-refractivity contribution in [2.75, 3.05) is 39.6 Å². The second-order valence-electron chi connectivity index (χ2n) is 23.2. The van der Waals surface area contributed by atoms with Gasteiger partial charge in [0.1, 0.15) is 0 Å². The molecule has 0 radical (unpaired) electrons. The minimum absolute atomic E-state index is 0.171. The Hall–Kier alpha value is -0.980. The maximum atomic E-state index is 6.58. The zero-order chi connectivity index (χ0) is 46.2. The van der Waals surface area contributed by atoms with Crippen LogP contribution in [0.15, 0.2) is 36.0 Å². The Labute approximate surface area is 403 Å². The maximum Gasteiger partial charge on any atom is 0.155 e. The van der Waals surface area contributed by atoms with E-state index in [2.05, 4.69) is 78.8 Å². The highest BCUT2D eigenvalue weighted by atomic mass is 16.7. The zero-order valence-corrected chi connectivity index (χ0v) is 44.0. The molecule has 65 heavy (non-hydrogen) atoms. The summed E-state index contributed by atoms with van der Waals surface area (Å²) >= 11 is 0. The van der Waals surface area contributed by atoms with Crippen LogP contribution in [0.4, 0.5) is 0 Å². The molecular formula is C60H106O5. The van der Waals surface area contributed by atoms with Crippen LogP contribution in [-0.2, 0) is 23.7 Å². The Bertz CT molecular complexity index is 1330. The molecule has 0 N–H and O–H groups in total. The lowest BCUT2D eigenvalue weighted by molar-refractivity contribution is -0.175. The second kappa shape index (κ2) is 30.6. The van der Waals surface area contributed by atoms with Crippen molar-refractivity contribution >= 4 is 0 Å². The van der Waals surface area contributed by atoms with Gasteiger partial charge in [-0.05, 0) is 155 Å². The van der Waals surface area contributed by atoms with Crippen LogP contribution in [-0.4, -0.2) is 58.1 Å². The van der Waals surface area contributed by atoms with Crippen LogP contribution in [0.2, 0.25) is 0 Å². The number of rotatable bonds is 34. The highest BCUT2D eigenvalue weighted by molar-refractivity contribution is 5.25. The summed E-state index contributed by atoms with van der Waals surface area (Å²) in [6, 6.07) is 0. The van der Waals surface area contributed by atoms with Gasteiger partial charge in [0.15, 0.2) is 6.29 Å². The molecular weight excluding hydrogens is 801 g/mol. The standard InChI is InChI=1S/C60H106O5/c1-8-9-10-11-12-13-14-15-16-17-18-19-20-21-22-26-40-62-47-54(45-51-30-24-23-25-31-51)64-44-42-61-41-43-63-50(5)65-53-36-38-59(6)52(46-53)32-33-55-57-35-34-56(49(4)29-27-28-48(2)3)60(57,7)39-37-58(55)59/h12-13,15-16,32,48-51,53-58H,8-11,14,17-31,33-47H2,1-7H3. The van der Waals surface area contributed by atoms with Gasteiger partial charge >= 0.3 is 0 Å². The Morgan fingerprint density at radius 1 is 0.662 bits per heavy atom. The molecule has 5 nitrogen and oxygen atoms in total. The van der Waals surface area contributed by atoms with Crippen LogP contribution in [0.3, 0.4) is 0 Å². The molecule has 0 aromatic heterocycles. The summed E-state index contributed by atoms with van der Waals surface area (Å²) < 4.78 is 31.4. The molecule has 0 bridgehead atoms. The normalized spacial score (nSPS) is 29.8. The van der Waals surface area contributed by atoms with Crippen LogP contribution < -0.4 is 0 Å². The third-order valence-electron chi connectivity index (χ3n) is 17.9. The van der Waals surface area contributed by atoms with Crippen molar-refractivity contribution in [2.45, 2.75) is 253 Å². The number of hydrogen-bond acceptors (Lipinski definition) is 5. The Morgan fingerprint density at radius 3 is 2.14 bits per heavy atom. The SMILES string of the molecule is CCCCCC=CCC=CCCCCCCCCOCC(CC1CCCCC1)OCCOCCOC(C)OC1CCC2(C)C(=CCC3C2CCC2(C)C(C(C)CCCC(C)C)CCC32)C1. The molecule has 0 heterocycles. The fourth-order valence-electron chi connectivity index (χ4n) is 14.1. The van der Waals surface area contributed by atoms with Gasteiger partial charge in [0.25, 0.3) is 0 Å². The van der Waals surface area contributed by atoms with Gasteiger partial charge in [-0.3, -0.25) is 0 Å². The van der Waals surface area contributed by atoms with Gasteiger partial charge in [-0.2, -0.15) is 0 Å². The van der Waals surface area contributed by atoms with E-state index in [1.807, 2.05) is 0 Å². The fourth-order valence-corrected chi connectivity index (χ4v) is 14.1. The van der Waals surface area contributed by atoms with E-state index in [0.717, 1.165) is 80.1 Å². The molecule has 4 fully saturated rings. The highest BCUT2D eigenvalue weighted by Gasteiger charge is 2.59. The molecule has 376 valence electrons. The Kier molecular flexibility index (Phi) is 25.9. The molecule has 5 heteroatoms. The number of hydrogen-bond donors (Lipinski definition) is 0. The van der Waals surface area contributed by atoms with E-state index in [1.165, 1.54) is 154 Å². The molecule has 0 aromatic carbocycles. The van der Waals surface area contributed by atoms with Gasteiger partial charge in [-0.25, -0.2) is 0 Å². The van der Waals surface area contributed by atoms with E-state index in [-0.39, 0.29) is 18.5 Å². The van der Waals surface area contributed by atoms with Crippen molar-refractivity contribution in [3.05, 3.63) is 36.0 Å². The molecule has 0 spiro atoms. The minimum atomic E-state index is -0.212. The number of ether oxygens (including phenoxy) is 5. The first-order chi connectivity index (χ1) is 31.6. The van der Waals surface area contributed by atoms with E-state index in [0.29, 0.717) is 43.9 Å². The van der Waals surface area contributed by atoms with E-state index < -0.39 is 0 Å². The van der Waals surface area contributed by atoms with Crippen LogP contribution in [0.25, 0.3) is 0 Å². The summed E-state index contributed by atoms with van der Waals surface area (Å²) in [5.41, 5.74) is 2.61. The van der Waals surface area contributed by atoms with Crippen LogP contribution in [0, 0.1) is 52.3 Å². The van der Waals surface area contributed by atoms with E-state index >= 15 is 0 Å². The van der Waals surface area contributed by atoms with Crippen molar-refractivity contribution in [3.8, 4) is 0 Å². The predicted molar refractivity (Wildman–Crippen MR) is 275 cm³/mol. The second-order valence-corrected chi connectivity index (χ2v) is 23.2. The molecule has 5 rings (SSSR count). The van der Waals surface area contributed by atoms with Gasteiger partial charge in [0, 0.05) is 6.61 Å². The van der Waals surface area contributed by atoms with Crippen molar-refractivity contribution < 1.29 is 23.7 Å². The van der Waals surface area contributed by atoms with Crippen LogP contribution >= 0.6 is 0 Å². The van der Waals surface area contributed by atoms with Gasteiger partial charge in [0.2, 0.25) is 0 Å². The minimum Gasteiger partial charge on any atom is -0.379 e. The van der Waals surface area contributed by atoms with Gasteiger partial charge in [0.05, 0.1) is 45.2 Å². The molecule has 0 aliphatic heterocycles. The molecule has 5 aliphatic carbocycles. The first-order valence-corrected chi connectivity index (χ1v) is 28.7. The van der Waals surface area contributed by atoms with Crippen molar-refractivity contribution in [3.63, 3.8) is 0 Å². The molecule has 10 unspecified atom stereocenters. The predicted octanol–water partition coefficient (Wildman–Crippen LogP) is 17.0. The third kappa shape index (κ3) is 18.4. The fraction of sp³-hybridized carbons (Fsp3) is 0.900. The summed E-state index contributed by atoms with van der Waals surface area (Å²) in [5, 5.41) is 0. The topological polar surface area (TPSA) is 46.2 Å². The maximum absolute atomic E-state index is 6.58. The number of unbranched alkanes of at least 4 members (excludes halogenated alkanes) is 9. The van der Waals surface area contributed by atoms with Crippen molar-refractivity contribution in [2.24, 2.45) is 52.3 Å². The first-order valence-electron chi connectivity index (χ1n) is 28.7. The van der Waals surface area contributed by atoms with Crippen molar-refractivity contribution in [1.29, 1.82) is 0 Å². The molecule has 0 aromatic rings. The third-order valence-corrected chi connectivity index (χ3v) is 17.9. The lowest BCUT2D eigenvalue weighted by atomic mass is 9.47. The highest BCUT2D eigenvalue weighted by Crippen LogP contribution is 2.67. The van der Waals surface area contributed by atoms with Gasteiger partial charge in [-0.1, -0.05) is 167 Å². The monoisotopic (exact) mass is 907 g/mol.